The normalized spacial score (nSPS) is 15.1. The Balaban J connectivity index is 2.94. The van der Waals surface area contributed by atoms with Crippen LogP contribution in [0.1, 0.15) is 30.4 Å². The van der Waals surface area contributed by atoms with E-state index in [1.54, 1.807) is 21.1 Å². The largest absolute Gasteiger partial charge is 0.391 e. The first-order valence-electron chi connectivity index (χ1n) is 5.19. The monoisotopic (exact) mass is 225 g/mol. The van der Waals surface area contributed by atoms with Gasteiger partial charge in [-0.1, -0.05) is 18.2 Å². The predicted molar refractivity (Wildman–Crippen MR) is 61.8 cm³/mol. The van der Waals surface area contributed by atoms with Gasteiger partial charge in [0.15, 0.2) is 6.29 Å². The lowest BCUT2D eigenvalue weighted by molar-refractivity contribution is -0.106. The molecule has 0 spiro atoms. The van der Waals surface area contributed by atoms with Gasteiger partial charge in [-0.2, -0.15) is 0 Å². The van der Waals surface area contributed by atoms with Gasteiger partial charge < -0.3 is 20.3 Å². The van der Waals surface area contributed by atoms with Gasteiger partial charge in [-0.15, -0.1) is 0 Å². The Morgan fingerprint density at radius 1 is 1.19 bits per heavy atom. The Hall–Kier alpha value is -0.940. The van der Waals surface area contributed by atoms with Gasteiger partial charge in [0.05, 0.1) is 12.1 Å². The highest BCUT2D eigenvalue weighted by Crippen LogP contribution is 2.22. The summed E-state index contributed by atoms with van der Waals surface area (Å²) >= 11 is 0. The lowest BCUT2D eigenvalue weighted by Crippen LogP contribution is -2.23. The number of aliphatic hydroxyl groups is 1. The zero-order valence-electron chi connectivity index (χ0n) is 9.88. The molecule has 4 nitrogen and oxygen atoms in total. The molecule has 1 rings (SSSR count). The zero-order valence-corrected chi connectivity index (χ0v) is 9.88. The first kappa shape index (κ1) is 13.1. The molecule has 0 amide bonds. The van der Waals surface area contributed by atoms with E-state index < -0.39 is 18.4 Å². The van der Waals surface area contributed by atoms with Crippen molar-refractivity contribution in [1.29, 1.82) is 0 Å². The van der Waals surface area contributed by atoms with Crippen LogP contribution in [0.2, 0.25) is 0 Å². The van der Waals surface area contributed by atoms with Crippen LogP contribution in [0.25, 0.3) is 0 Å². The molecule has 0 bridgehead atoms. The molecule has 16 heavy (non-hydrogen) atoms. The number of benzene rings is 1. The first-order chi connectivity index (χ1) is 7.60. The SMILES string of the molecule is COC(OC)c1cccc([C@@H](N)[C@H](C)O)c1. The predicted octanol–water partition coefficient (Wildman–Crippen LogP) is 1.36. The summed E-state index contributed by atoms with van der Waals surface area (Å²) in [5.74, 6) is 0. The molecule has 2 atom stereocenters. The fourth-order valence-electron chi connectivity index (χ4n) is 1.56. The first-order valence-corrected chi connectivity index (χ1v) is 5.19. The van der Waals surface area contributed by atoms with E-state index in [1.165, 1.54) is 0 Å². The average molecular weight is 225 g/mol. The van der Waals surface area contributed by atoms with E-state index in [0.717, 1.165) is 11.1 Å². The van der Waals surface area contributed by atoms with Gasteiger partial charge in [0.2, 0.25) is 0 Å². The maximum absolute atomic E-state index is 9.43. The summed E-state index contributed by atoms with van der Waals surface area (Å²) in [7, 11) is 3.16. The van der Waals surface area contributed by atoms with E-state index in [2.05, 4.69) is 0 Å². The number of rotatable bonds is 5. The van der Waals surface area contributed by atoms with Crippen molar-refractivity contribution < 1.29 is 14.6 Å². The summed E-state index contributed by atoms with van der Waals surface area (Å²) in [6.45, 7) is 1.67. The second-order valence-corrected chi connectivity index (χ2v) is 3.74. The summed E-state index contributed by atoms with van der Waals surface area (Å²) in [5.41, 5.74) is 7.61. The van der Waals surface area contributed by atoms with Crippen molar-refractivity contribution in [3.05, 3.63) is 35.4 Å². The molecule has 0 unspecified atom stereocenters. The van der Waals surface area contributed by atoms with Gasteiger partial charge in [0, 0.05) is 19.8 Å². The van der Waals surface area contributed by atoms with E-state index in [-0.39, 0.29) is 0 Å². The lowest BCUT2D eigenvalue weighted by atomic mass is 10.0. The van der Waals surface area contributed by atoms with Crippen LogP contribution in [0, 0.1) is 0 Å². The van der Waals surface area contributed by atoms with Gasteiger partial charge in [-0.3, -0.25) is 0 Å². The van der Waals surface area contributed by atoms with Crippen molar-refractivity contribution >= 4 is 0 Å². The zero-order chi connectivity index (χ0) is 12.1. The highest BCUT2D eigenvalue weighted by atomic mass is 16.7. The molecule has 0 aromatic heterocycles. The summed E-state index contributed by atoms with van der Waals surface area (Å²) < 4.78 is 10.3. The molecule has 1 aromatic carbocycles. The summed E-state index contributed by atoms with van der Waals surface area (Å²) in [6, 6.07) is 7.14. The Morgan fingerprint density at radius 3 is 2.25 bits per heavy atom. The summed E-state index contributed by atoms with van der Waals surface area (Å²) in [4.78, 5) is 0. The maximum Gasteiger partial charge on any atom is 0.183 e. The number of aliphatic hydroxyl groups excluding tert-OH is 1. The van der Waals surface area contributed by atoms with Crippen LogP contribution in [0.3, 0.4) is 0 Å². The molecule has 0 saturated carbocycles. The van der Waals surface area contributed by atoms with E-state index in [1.807, 2.05) is 24.3 Å². The molecule has 0 fully saturated rings. The molecular weight excluding hydrogens is 206 g/mol. The van der Waals surface area contributed by atoms with Gasteiger partial charge in [0.1, 0.15) is 0 Å². The highest BCUT2D eigenvalue weighted by Gasteiger charge is 2.15. The molecule has 0 aliphatic rings. The fourth-order valence-corrected chi connectivity index (χ4v) is 1.56. The van der Waals surface area contributed by atoms with E-state index in [4.69, 9.17) is 15.2 Å². The number of nitrogens with two attached hydrogens (primary N) is 1. The third-order valence-corrected chi connectivity index (χ3v) is 2.52. The summed E-state index contributed by atoms with van der Waals surface area (Å²) in [5, 5.41) is 9.43. The van der Waals surface area contributed by atoms with E-state index in [0.29, 0.717) is 0 Å². The van der Waals surface area contributed by atoms with Crippen molar-refractivity contribution in [2.75, 3.05) is 14.2 Å². The third kappa shape index (κ3) is 3.02. The summed E-state index contributed by atoms with van der Waals surface area (Å²) in [6.07, 6.45) is -0.986. The molecule has 4 heteroatoms. The number of hydrogen-bond donors (Lipinski definition) is 2. The Morgan fingerprint density at radius 2 is 1.75 bits per heavy atom. The standard InChI is InChI=1S/C12H19NO3/c1-8(14)11(13)9-5-4-6-10(7-9)12(15-2)16-3/h4-8,11-12,14H,13H2,1-3H3/t8-,11-/m0/s1. The van der Waals surface area contributed by atoms with Gasteiger partial charge in [-0.25, -0.2) is 0 Å². The molecule has 0 saturated heterocycles. The molecule has 90 valence electrons. The highest BCUT2D eigenvalue weighted by molar-refractivity contribution is 5.27. The van der Waals surface area contributed by atoms with Crippen molar-refractivity contribution in [2.24, 2.45) is 5.73 Å². The smallest absolute Gasteiger partial charge is 0.183 e. The van der Waals surface area contributed by atoms with Crippen LogP contribution in [0.15, 0.2) is 24.3 Å². The average Bonchev–Trinajstić information content (AvgIpc) is 2.30. The minimum atomic E-state index is -0.584. The molecular formula is C12H19NO3. The lowest BCUT2D eigenvalue weighted by Gasteiger charge is -2.18. The maximum atomic E-state index is 9.43. The van der Waals surface area contributed by atoms with Crippen LogP contribution in [0.4, 0.5) is 0 Å². The van der Waals surface area contributed by atoms with Crippen LogP contribution >= 0.6 is 0 Å². The van der Waals surface area contributed by atoms with E-state index >= 15 is 0 Å². The second kappa shape index (κ2) is 5.96. The van der Waals surface area contributed by atoms with Crippen molar-refractivity contribution in [3.8, 4) is 0 Å². The van der Waals surface area contributed by atoms with Crippen LogP contribution in [-0.2, 0) is 9.47 Å². The second-order valence-electron chi connectivity index (χ2n) is 3.74. The molecule has 0 radical (unpaired) electrons. The van der Waals surface area contributed by atoms with Gasteiger partial charge >= 0.3 is 0 Å². The van der Waals surface area contributed by atoms with Gasteiger partial charge in [0.25, 0.3) is 0 Å². The van der Waals surface area contributed by atoms with Gasteiger partial charge in [-0.05, 0) is 18.6 Å². The van der Waals surface area contributed by atoms with Crippen molar-refractivity contribution in [1.82, 2.24) is 0 Å². The number of ether oxygens (including phenoxy) is 2. The minimum absolute atomic E-state index is 0.394. The van der Waals surface area contributed by atoms with Crippen LogP contribution < -0.4 is 5.73 Å². The third-order valence-electron chi connectivity index (χ3n) is 2.52. The fraction of sp³-hybridized carbons (Fsp3) is 0.500. The van der Waals surface area contributed by atoms with Crippen LogP contribution in [-0.4, -0.2) is 25.4 Å². The van der Waals surface area contributed by atoms with E-state index in [9.17, 15) is 5.11 Å². The molecule has 0 aliphatic carbocycles. The van der Waals surface area contributed by atoms with Crippen LogP contribution in [0.5, 0.6) is 0 Å². The molecule has 0 aliphatic heterocycles. The molecule has 0 heterocycles. The minimum Gasteiger partial charge on any atom is -0.391 e. The quantitative estimate of drug-likeness (QED) is 0.743. The Kier molecular flexibility index (Phi) is 4.89. The van der Waals surface area contributed by atoms with Crippen molar-refractivity contribution in [2.45, 2.75) is 25.4 Å². The number of hydrogen-bond acceptors (Lipinski definition) is 4. The molecule has 3 N–H and O–H groups in total. The Bertz CT molecular complexity index is 307. The molecule has 1 aromatic rings. The van der Waals surface area contributed by atoms with Crippen molar-refractivity contribution in [3.63, 3.8) is 0 Å². The Labute approximate surface area is 96.0 Å². The number of methoxy groups -OCH3 is 2. The topological polar surface area (TPSA) is 64.7 Å².